The minimum Gasteiger partial charge on any atom is -0.318 e. The molecule has 1 heterocycles. The maximum absolute atomic E-state index is 11.2. The van der Waals surface area contributed by atoms with E-state index in [1.54, 1.807) is 0 Å². The standard InChI is InChI=1S/C21H26N2O2/c1-13-7-14(2)9-17(8-13)23-15(3)10-18-19(22-25-16(4)24)11-21(5,6)12-20(18)23/h7-10H,11-12H2,1-6H3/b22-19+. The summed E-state index contributed by atoms with van der Waals surface area (Å²) in [7, 11) is 0. The molecule has 0 atom stereocenters. The number of hydrogen-bond acceptors (Lipinski definition) is 3. The molecule has 0 spiro atoms. The van der Waals surface area contributed by atoms with Gasteiger partial charge in [-0.15, -0.1) is 0 Å². The molecule has 0 bridgehead atoms. The van der Waals surface area contributed by atoms with Crippen LogP contribution in [0.3, 0.4) is 0 Å². The number of carbonyl (C=O) groups excluding carboxylic acids is 1. The predicted molar refractivity (Wildman–Crippen MR) is 100 cm³/mol. The van der Waals surface area contributed by atoms with Crippen LogP contribution in [0.5, 0.6) is 0 Å². The zero-order chi connectivity index (χ0) is 18.4. The smallest absolute Gasteiger partial charge is 0.318 e. The van der Waals surface area contributed by atoms with Gasteiger partial charge in [-0.25, -0.2) is 4.79 Å². The van der Waals surface area contributed by atoms with Gasteiger partial charge in [-0.3, -0.25) is 0 Å². The number of rotatable bonds is 2. The second-order valence-corrected chi connectivity index (χ2v) is 7.97. The minimum atomic E-state index is -0.386. The van der Waals surface area contributed by atoms with E-state index in [-0.39, 0.29) is 11.4 Å². The van der Waals surface area contributed by atoms with Gasteiger partial charge in [0, 0.05) is 29.6 Å². The third-order valence-corrected chi connectivity index (χ3v) is 4.64. The van der Waals surface area contributed by atoms with E-state index in [9.17, 15) is 4.79 Å². The maximum atomic E-state index is 11.2. The summed E-state index contributed by atoms with van der Waals surface area (Å²) in [5, 5.41) is 4.16. The van der Waals surface area contributed by atoms with Crippen LogP contribution in [0, 0.1) is 26.2 Å². The molecule has 1 aliphatic rings. The average molecular weight is 338 g/mol. The van der Waals surface area contributed by atoms with Gasteiger partial charge in [-0.05, 0) is 68.4 Å². The van der Waals surface area contributed by atoms with Crippen LogP contribution in [-0.2, 0) is 16.1 Å². The molecule has 25 heavy (non-hydrogen) atoms. The highest BCUT2D eigenvalue weighted by Crippen LogP contribution is 2.38. The van der Waals surface area contributed by atoms with Gasteiger partial charge < -0.3 is 9.40 Å². The van der Waals surface area contributed by atoms with Crippen molar-refractivity contribution in [2.45, 2.75) is 54.4 Å². The summed E-state index contributed by atoms with van der Waals surface area (Å²) in [4.78, 5) is 16.2. The van der Waals surface area contributed by atoms with E-state index in [1.807, 2.05) is 0 Å². The van der Waals surface area contributed by atoms with E-state index >= 15 is 0 Å². The van der Waals surface area contributed by atoms with Crippen molar-refractivity contribution in [3.63, 3.8) is 0 Å². The first-order chi connectivity index (χ1) is 11.7. The Morgan fingerprint density at radius 1 is 1.08 bits per heavy atom. The molecular formula is C21H26N2O2. The second-order valence-electron chi connectivity index (χ2n) is 7.97. The van der Waals surface area contributed by atoms with Crippen molar-refractivity contribution in [1.29, 1.82) is 0 Å². The molecule has 0 amide bonds. The monoisotopic (exact) mass is 338 g/mol. The average Bonchev–Trinajstić information content (AvgIpc) is 2.78. The summed E-state index contributed by atoms with van der Waals surface area (Å²) in [6, 6.07) is 8.77. The van der Waals surface area contributed by atoms with Crippen molar-refractivity contribution in [2.75, 3.05) is 0 Å². The molecule has 1 aromatic carbocycles. The zero-order valence-corrected chi connectivity index (χ0v) is 15.9. The fraction of sp³-hybridized carbons (Fsp3) is 0.429. The zero-order valence-electron chi connectivity index (χ0n) is 15.9. The van der Waals surface area contributed by atoms with E-state index in [0.29, 0.717) is 0 Å². The number of hydrogen-bond donors (Lipinski definition) is 0. The molecule has 1 aliphatic carbocycles. The van der Waals surface area contributed by atoms with Crippen LogP contribution >= 0.6 is 0 Å². The van der Waals surface area contributed by atoms with Gasteiger partial charge in [-0.1, -0.05) is 25.1 Å². The third kappa shape index (κ3) is 3.53. The molecule has 0 saturated carbocycles. The van der Waals surface area contributed by atoms with E-state index in [4.69, 9.17) is 4.84 Å². The number of carbonyl (C=O) groups is 1. The Morgan fingerprint density at radius 2 is 1.72 bits per heavy atom. The van der Waals surface area contributed by atoms with Crippen LogP contribution in [-0.4, -0.2) is 16.2 Å². The maximum Gasteiger partial charge on any atom is 0.331 e. The lowest BCUT2D eigenvalue weighted by atomic mass is 9.76. The lowest BCUT2D eigenvalue weighted by Crippen LogP contribution is -2.28. The summed E-state index contributed by atoms with van der Waals surface area (Å²) in [5.74, 6) is -0.386. The van der Waals surface area contributed by atoms with Crippen molar-refractivity contribution in [3.8, 4) is 5.69 Å². The third-order valence-electron chi connectivity index (χ3n) is 4.64. The van der Waals surface area contributed by atoms with Gasteiger partial charge in [-0.2, -0.15) is 0 Å². The molecular weight excluding hydrogens is 312 g/mol. The molecule has 0 radical (unpaired) electrons. The summed E-state index contributed by atoms with van der Waals surface area (Å²) in [6.45, 7) is 12.2. The second kappa shape index (κ2) is 6.17. The Hall–Kier alpha value is -2.36. The number of nitrogens with zero attached hydrogens (tertiary/aromatic N) is 2. The molecule has 1 aromatic heterocycles. The van der Waals surface area contributed by atoms with E-state index in [2.05, 4.69) is 68.6 Å². The first kappa shape index (κ1) is 17.5. The normalized spacial score (nSPS) is 17.4. The summed E-state index contributed by atoms with van der Waals surface area (Å²) < 4.78 is 2.32. The van der Waals surface area contributed by atoms with E-state index in [1.165, 1.54) is 35.1 Å². The molecule has 0 N–H and O–H groups in total. The molecule has 4 nitrogen and oxygen atoms in total. The number of aryl methyl sites for hydroxylation is 3. The van der Waals surface area contributed by atoms with Crippen molar-refractivity contribution in [2.24, 2.45) is 10.6 Å². The summed E-state index contributed by atoms with van der Waals surface area (Å²) in [6.07, 6.45) is 1.76. The highest BCUT2D eigenvalue weighted by Gasteiger charge is 2.33. The van der Waals surface area contributed by atoms with Gasteiger partial charge in [0.25, 0.3) is 0 Å². The van der Waals surface area contributed by atoms with Crippen LogP contribution in [0.2, 0.25) is 0 Å². The Morgan fingerprint density at radius 3 is 2.32 bits per heavy atom. The summed E-state index contributed by atoms with van der Waals surface area (Å²) >= 11 is 0. The van der Waals surface area contributed by atoms with Crippen LogP contribution in [0.1, 0.15) is 55.3 Å². The quantitative estimate of drug-likeness (QED) is 0.591. The highest BCUT2D eigenvalue weighted by atomic mass is 16.7. The first-order valence-corrected chi connectivity index (χ1v) is 8.71. The molecule has 132 valence electrons. The van der Waals surface area contributed by atoms with Crippen LogP contribution in [0.15, 0.2) is 29.4 Å². The summed E-state index contributed by atoms with van der Waals surface area (Å²) in [5.41, 5.74) is 8.10. The minimum absolute atomic E-state index is 0.0629. The van der Waals surface area contributed by atoms with Crippen LogP contribution in [0.25, 0.3) is 5.69 Å². The van der Waals surface area contributed by atoms with Gasteiger partial charge in [0.1, 0.15) is 0 Å². The molecule has 4 heteroatoms. The Labute approximate surface area is 149 Å². The fourth-order valence-electron chi connectivity index (χ4n) is 3.82. The van der Waals surface area contributed by atoms with Crippen molar-refractivity contribution < 1.29 is 9.63 Å². The van der Waals surface area contributed by atoms with Crippen LogP contribution in [0.4, 0.5) is 0 Å². The molecule has 0 fully saturated rings. The van der Waals surface area contributed by atoms with E-state index < -0.39 is 0 Å². The Kier molecular flexibility index (Phi) is 4.31. The number of benzene rings is 1. The molecule has 0 saturated heterocycles. The highest BCUT2D eigenvalue weighted by molar-refractivity contribution is 6.03. The first-order valence-electron chi connectivity index (χ1n) is 8.71. The fourth-order valence-corrected chi connectivity index (χ4v) is 3.82. The lowest BCUT2D eigenvalue weighted by molar-refractivity contribution is -0.140. The lowest BCUT2D eigenvalue weighted by Gasteiger charge is -2.31. The predicted octanol–water partition coefficient (Wildman–Crippen LogP) is 4.64. The van der Waals surface area contributed by atoms with Crippen LogP contribution < -0.4 is 0 Å². The Balaban J connectivity index is 2.18. The van der Waals surface area contributed by atoms with Gasteiger partial charge in [0.15, 0.2) is 0 Å². The Bertz CT molecular complexity index is 852. The van der Waals surface area contributed by atoms with Gasteiger partial charge in [0.05, 0.1) is 5.71 Å². The number of aromatic nitrogens is 1. The van der Waals surface area contributed by atoms with Gasteiger partial charge in [0.2, 0.25) is 0 Å². The van der Waals surface area contributed by atoms with Crippen molar-refractivity contribution >= 4 is 11.7 Å². The molecule has 0 unspecified atom stereocenters. The van der Waals surface area contributed by atoms with Gasteiger partial charge >= 0.3 is 5.97 Å². The van der Waals surface area contributed by atoms with E-state index in [0.717, 1.165) is 24.1 Å². The SMILES string of the molecule is CC(=O)O/N=C1\CC(C)(C)Cc2c1cc(C)n2-c1cc(C)cc(C)c1. The topological polar surface area (TPSA) is 43.6 Å². The van der Waals surface area contributed by atoms with Crippen molar-refractivity contribution in [1.82, 2.24) is 4.57 Å². The largest absolute Gasteiger partial charge is 0.331 e. The molecule has 2 aromatic rings. The van der Waals surface area contributed by atoms with Crippen molar-refractivity contribution in [3.05, 3.63) is 52.3 Å². The molecule has 0 aliphatic heterocycles. The number of oxime groups is 1. The molecule has 3 rings (SSSR count). The number of fused-ring (bicyclic) bond motifs is 1.